The number of hydrogen-bond acceptors (Lipinski definition) is 1. The number of rotatable bonds is 4. The molecule has 2 rings (SSSR count). The highest BCUT2D eigenvalue weighted by atomic mass is 19.4. The van der Waals surface area contributed by atoms with Gasteiger partial charge >= 0.3 is 6.18 Å². The van der Waals surface area contributed by atoms with Gasteiger partial charge in [-0.3, -0.25) is 0 Å². The van der Waals surface area contributed by atoms with Crippen LogP contribution in [0.5, 0.6) is 0 Å². The van der Waals surface area contributed by atoms with E-state index in [2.05, 4.69) is 5.32 Å². The molecule has 2 atom stereocenters. The van der Waals surface area contributed by atoms with E-state index in [1.165, 1.54) is 6.07 Å². The summed E-state index contributed by atoms with van der Waals surface area (Å²) in [5.41, 5.74) is -0.539. The molecule has 0 aromatic heterocycles. The Hall–Kier alpha value is -1.10. The van der Waals surface area contributed by atoms with E-state index in [0.717, 1.165) is 44.5 Å². The van der Waals surface area contributed by atoms with Gasteiger partial charge < -0.3 is 5.32 Å². The first-order valence-electron chi connectivity index (χ1n) is 7.00. The Bertz CT molecular complexity index is 456. The summed E-state index contributed by atoms with van der Waals surface area (Å²) >= 11 is 0. The third kappa shape index (κ3) is 3.32. The van der Waals surface area contributed by atoms with Crippen LogP contribution >= 0.6 is 0 Å². The van der Waals surface area contributed by atoms with Crippen molar-refractivity contribution < 1.29 is 17.6 Å². The average Bonchev–Trinajstić information content (AvgIpc) is 2.84. The van der Waals surface area contributed by atoms with Crippen molar-refractivity contribution in [2.45, 2.75) is 38.3 Å². The molecule has 1 nitrogen and oxygen atoms in total. The number of alkyl halides is 3. The minimum atomic E-state index is -4.63. The van der Waals surface area contributed by atoms with E-state index in [9.17, 15) is 17.6 Å². The first kappa shape index (κ1) is 15.3. The largest absolute Gasteiger partial charge is 0.419 e. The lowest BCUT2D eigenvalue weighted by molar-refractivity contribution is -0.140. The second kappa shape index (κ2) is 6.12. The number of hydrogen-bond donors (Lipinski definition) is 1. The van der Waals surface area contributed by atoms with Crippen LogP contribution in [0.4, 0.5) is 17.6 Å². The van der Waals surface area contributed by atoms with E-state index in [0.29, 0.717) is 11.5 Å². The van der Waals surface area contributed by atoms with Gasteiger partial charge in [-0.25, -0.2) is 4.39 Å². The maximum absolute atomic E-state index is 13.3. The minimum Gasteiger partial charge on any atom is -0.317 e. The quantitative estimate of drug-likeness (QED) is 0.813. The summed E-state index contributed by atoms with van der Waals surface area (Å²) in [6, 6.07) is 3.44. The lowest BCUT2D eigenvalue weighted by atomic mass is 9.88. The molecule has 0 radical (unpaired) electrons. The molecule has 1 saturated carbocycles. The van der Waals surface area contributed by atoms with Gasteiger partial charge in [0.2, 0.25) is 0 Å². The fraction of sp³-hybridized carbons (Fsp3) is 0.600. The molecular formula is C15H19F4N. The number of nitrogens with one attached hydrogen (secondary N) is 1. The highest BCUT2D eigenvalue weighted by molar-refractivity contribution is 5.30. The van der Waals surface area contributed by atoms with Crippen LogP contribution in [0.3, 0.4) is 0 Å². The average molecular weight is 289 g/mol. The van der Waals surface area contributed by atoms with Gasteiger partial charge in [0.05, 0.1) is 5.56 Å². The van der Waals surface area contributed by atoms with E-state index in [1.54, 1.807) is 0 Å². The van der Waals surface area contributed by atoms with Crippen LogP contribution < -0.4 is 5.32 Å². The fourth-order valence-corrected chi connectivity index (χ4v) is 3.04. The van der Waals surface area contributed by atoms with Crippen molar-refractivity contribution >= 4 is 0 Å². The molecule has 1 fully saturated rings. The molecule has 1 aromatic rings. The van der Waals surface area contributed by atoms with E-state index < -0.39 is 17.6 Å². The smallest absolute Gasteiger partial charge is 0.317 e. The predicted octanol–water partition coefficient (Wildman–Crippen LogP) is 4.34. The highest BCUT2D eigenvalue weighted by Gasteiger charge is 2.36. The Balaban J connectivity index is 2.24. The number of halogens is 4. The second-order valence-electron chi connectivity index (χ2n) is 5.34. The van der Waals surface area contributed by atoms with Crippen LogP contribution in [-0.4, -0.2) is 13.1 Å². The predicted molar refractivity (Wildman–Crippen MR) is 70.0 cm³/mol. The molecule has 1 aromatic carbocycles. The molecule has 1 aliphatic carbocycles. The monoisotopic (exact) mass is 289 g/mol. The third-order valence-electron chi connectivity index (χ3n) is 4.04. The first-order chi connectivity index (χ1) is 9.43. The van der Waals surface area contributed by atoms with Crippen LogP contribution in [0.25, 0.3) is 0 Å². The lowest BCUT2D eigenvalue weighted by Gasteiger charge is -2.21. The summed E-state index contributed by atoms with van der Waals surface area (Å²) in [7, 11) is 0. The Labute approximate surface area is 116 Å². The molecule has 112 valence electrons. The Morgan fingerprint density at radius 1 is 1.25 bits per heavy atom. The molecule has 1 aliphatic rings. The summed E-state index contributed by atoms with van der Waals surface area (Å²) in [5, 5.41) is 3.25. The van der Waals surface area contributed by atoms with Gasteiger partial charge in [0.25, 0.3) is 0 Å². The third-order valence-corrected chi connectivity index (χ3v) is 4.04. The summed E-state index contributed by atoms with van der Waals surface area (Å²) in [6.45, 7) is 3.66. The normalized spacial score (nSPS) is 23.2. The lowest BCUT2D eigenvalue weighted by Crippen LogP contribution is -2.24. The molecule has 1 N–H and O–H groups in total. The molecule has 0 saturated heterocycles. The van der Waals surface area contributed by atoms with E-state index in [4.69, 9.17) is 0 Å². The van der Waals surface area contributed by atoms with Crippen molar-refractivity contribution in [1.82, 2.24) is 5.32 Å². The molecule has 0 bridgehead atoms. The molecule has 0 heterocycles. The molecule has 5 heteroatoms. The van der Waals surface area contributed by atoms with Crippen molar-refractivity contribution in [3.05, 3.63) is 35.1 Å². The van der Waals surface area contributed by atoms with E-state index >= 15 is 0 Å². The Kier molecular flexibility index (Phi) is 4.68. The molecule has 0 amide bonds. The van der Waals surface area contributed by atoms with Crippen LogP contribution in [0.1, 0.15) is 43.2 Å². The zero-order valence-electron chi connectivity index (χ0n) is 11.4. The van der Waals surface area contributed by atoms with E-state index in [-0.39, 0.29) is 5.92 Å². The molecular weight excluding hydrogens is 270 g/mol. The second-order valence-corrected chi connectivity index (χ2v) is 5.34. The SMILES string of the molecule is CCNCC1CCCC1c1ccc(F)c(C(F)(F)F)c1. The molecule has 0 aliphatic heterocycles. The van der Waals surface area contributed by atoms with E-state index in [1.807, 2.05) is 6.92 Å². The van der Waals surface area contributed by atoms with Crippen molar-refractivity contribution in [1.29, 1.82) is 0 Å². The summed E-state index contributed by atoms with van der Waals surface area (Å²) < 4.78 is 51.6. The fourth-order valence-electron chi connectivity index (χ4n) is 3.04. The maximum atomic E-state index is 13.3. The first-order valence-corrected chi connectivity index (χ1v) is 7.00. The van der Waals surface area contributed by atoms with Crippen LogP contribution in [0.2, 0.25) is 0 Å². The zero-order valence-corrected chi connectivity index (χ0v) is 11.4. The molecule has 2 unspecified atom stereocenters. The Morgan fingerprint density at radius 2 is 2.00 bits per heavy atom. The van der Waals surface area contributed by atoms with Gasteiger partial charge in [0, 0.05) is 0 Å². The zero-order chi connectivity index (χ0) is 14.8. The molecule has 0 spiro atoms. The minimum absolute atomic E-state index is 0.0933. The van der Waals surface area contributed by atoms with Gasteiger partial charge in [-0.2, -0.15) is 13.2 Å². The van der Waals surface area contributed by atoms with Crippen molar-refractivity contribution in [2.24, 2.45) is 5.92 Å². The van der Waals surface area contributed by atoms with Gasteiger partial charge in [0.15, 0.2) is 0 Å². The van der Waals surface area contributed by atoms with Gasteiger partial charge in [-0.05, 0) is 55.5 Å². The van der Waals surface area contributed by atoms with Gasteiger partial charge in [0.1, 0.15) is 5.82 Å². The van der Waals surface area contributed by atoms with Gasteiger partial charge in [-0.1, -0.05) is 19.4 Å². The number of benzene rings is 1. The van der Waals surface area contributed by atoms with Crippen molar-refractivity contribution in [3.8, 4) is 0 Å². The highest BCUT2D eigenvalue weighted by Crippen LogP contribution is 2.41. The van der Waals surface area contributed by atoms with Crippen molar-refractivity contribution in [3.63, 3.8) is 0 Å². The summed E-state index contributed by atoms with van der Waals surface area (Å²) in [5.74, 6) is -0.764. The Morgan fingerprint density at radius 3 is 2.65 bits per heavy atom. The van der Waals surface area contributed by atoms with Gasteiger partial charge in [-0.15, -0.1) is 0 Å². The van der Waals surface area contributed by atoms with Crippen LogP contribution in [0, 0.1) is 11.7 Å². The summed E-state index contributed by atoms with van der Waals surface area (Å²) in [4.78, 5) is 0. The van der Waals surface area contributed by atoms with Crippen LogP contribution in [-0.2, 0) is 6.18 Å². The standard InChI is InChI=1S/C15H19F4N/c1-2-20-9-11-4-3-5-12(11)10-6-7-14(16)13(8-10)15(17,18)19/h6-8,11-12,20H,2-5,9H2,1H3. The maximum Gasteiger partial charge on any atom is 0.419 e. The topological polar surface area (TPSA) is 12.0 Å². The molecule has 20 heavy (non-hydrogen) atoms. The van der Waals surface area contributed by atoms with Crippen molar-refractivity contribution in [2.75, 3.05) is 13.1 Å². The van der Waals surface area contributed by atoms with Crippen LogP contribution in [0.15, 0.2) is 18.2 Å². The summed E-state index contributed by atoms with van der Waals surface area (Å²) in [6.07, 6.45) is -1.73.